The molecule has 1 aliphatic heterocycles. The van der Waals surface area contributed by atoms with Crippen molar-refractivity contribution in [3.63, 3.8) is 0 Å². The molecule has 1 saturated carbocycles. The van der Waals surface area contributed by atoms with Crippen molar-refractivity contribution in [2.24, 2.45) is 10.9 Å². The van der Waals surface area contributed by atoms with E-state index in [1.54, 1.807) is 0 Å². The summed E-state index contributed by atoms with van der Waals surface area (Å²) in [6.07, 6.45) is 6.21. The Morgan fingerprint density at radius 1 is 1.73 bits per heavy atom. The predicted octanol–water partition coefficient (Wildman–Crippen LogP) is 1.44. The molecule has 2 unspecified atom stereocenters. The fourth-order valence-corrected chi connectivity index (χ4v) is 2.47. The number of hydrogen-bond acceptors (Lipinski definition) is 2. The Hall–Kier alpha value is -0.790. The predicted molar refractivity (Wildman–Crippen MR) is 44.4 cm³/mol. The number of nitrogens with one attached hydrogen (secondary N) is 1. The lowest BCUT2D eigenvalue weighted by Gasteiger charge is -2.13. The molecule has 0 bridgehead atoms. The number of rotatable bonds is 0. The monoisotopic (exact) mass is 148 g/mol. The minimum absolute atomic E-state index is 0.266. The summed E-state index contributed by atoms with van der Waals surface area (Å²) in [5, 5.41) is 3.35. The first kappa shape index (κ1) is 5.81. The lowest BCUT2D eigenvalue weighted by molar-refractivity contribution is 0.603. The second-order valence-corrected chi connectivity index (χ2v) is 3.84. The van der Waals surface area contributed by atoms with Gasteiger partial charge in [-0.2, -0.15) is 0 Å². The molecule has 3 aliphatic rings. The minimum atomic E-state index is 0.266. The highest BCUT2D eigenvalue weighted by Gasteiger charge is 2.60. The van der Waals surface area contributed by atoms with Gasteiger partial charge in [-0.05, 0) is 32.1 Å². The molecule has 0 aromatic heterocycles. The largest absolute Gasteiger partial charge is 0.346 e. The van der Waals surface area contributed by atoms with E-state index in [2.05, 4.69) is 23.3 Å². The van der Waals surface area contributed by atoms with Crippen LogP contribution in [0, 0.1) is 5.92 Å². The van der Waals surface area contributed by atoms with E-state index in [1.165, 1.54) is 25.0 Å². The maximum Gasteiger partial charge on any atom is 0.105 e. The first-order chi connectivity index (χ1) is 5.31. The summed E-state index contributed by atoms with van der Waals surface area (Å²) >= 11 is 0. The Balaban J connectivity index is 2.09. The molecule has 1 N–H and O–H groups in total. The third kappa shape index (κ3) is 0.561. The van der Waals surface area contributed by atoms with Gasteiger partial charge in [0.25, 0.3) is 0 Å². The Labute approximate surface area is 66.4 Å². The summed E-state index contributed by atoms with van der Waals surface area (Å²) in [7, 11) is 0. The highest BCUT2D eigenvalue weighted by Crippen LogP contribution is 2.58. The molecular formula is C9H12N2. The molecule has 2 atom stereocenters. The summed E-state index contributed by atoms with van der Waals surface area (Å²) in [4.78, 5) is 4.65. The molecule has 0 radical (unpaired) electrons. The zero-order valence-electron chi connectivity index (χ0n) is 6.72. The fraction of sp³-hybridized carbons (Fsp3) is 0.667. The second-order valence-electron chi connectivity index (χ2n) is 3.84. The Morgan fingerprint density at radius 2 is 2.64 bits per heavy atom. The first-order valence-electron chi connectivity index (χ1n) is 4.35. The lowest BCUT2D eigenvalue weighted by Crippen LogP contribution is -2.20. The van der Waals surface area contributed by atoms with Gasteiger partial charge in [-0.1, -0.05) is 6.08 Å². The molecule has 58 valence electrons. The number of allylic oxidation sites excluding steroid dienone is 1. The van der Waals surface area contributed by atoms with E-state index in [-0.39, 0.29) is 5.54 Å². The van der Waals surface area contributed by atoms with Gasteiger partial charge in [0.1, 0.15) is 5.54 Å². The van der Waals surface area contributed by atoms with Gasteiger partial charge in [-0.25, -0.2) is 0 Å². The molecule has 0 amide bonds. The third-order valence-corrected chi connectivity index (χ3v) is 3.09. The van der Waals surface area contributed by atoms with Gasteiger partial charge in [0, 0.05) is 5.70 Å². The number of amidine groups is 1. The van der Waals surface area contributed by atoms with Crippen LogP contribution < -0.4 is 5.32 Å². The molecule has 1 fully saturated rings. The van der Waals surface area contributed by atoms with Crippen LogP contribution >= 0.6 is 0 Å². The molecule has 2 heteroatoms. The molecule has 0 aromatic rings. The van der Waals surface area contributed by atoms with Crippen molar-refractivity contribution in [2.75, 3.05) is 0 Å². The number of aliphatic imine (C=N–C) groups is 1. The molecule has 11 heavy (non-hydrogen) atoms. The molecule has 3 rings (SSSR count). The Morgan fingerprint density at radius 3 is 3.45 bits per heavy atom. The highest BCUT2D eigenvalue weighted by molar-refractivity contribution is 5.86. The van der Waals surface area contributed by atoms with E-state index in [9.17, 15) is 0 Å². The van der Waals surface area contributed by atoms with E-state index in [1.807, 2.05) is 0 Å². The van der Waals surface area contributed by atoms with Gasteiger partial charge < -0.3 is 5.32 Å². The van der Waals surface area contributed by atoms with Gasteiger partial charge >= 0.3 is 0 Å². The van der Waals surface area contributed by atoms with Crippen molar-refractivity contribution < 1.29 is 0 Å². The second kappa shape index (κ2) is 1.52. The zero-order chi connectivity index (χ0) is 7.47. The van der Waals surface area contributed by atoms with Crippen LogP contribution in [0.25, 0.3) is 0 Å². The molecule has 1 spiro atoms. The zero-order valence-corrected chi connectivity index (χ0v) is 6.72. The van der Waals surface area contributed by atoms with Gasteiger partial charge in [-0.3, -0.25) is 4.99 Å². The maximum atomic E-state index is 4.65. The summed E-state index contributed by atoms with van der Waals surface area (Å²) in [6.45, 7) is 2.06. The van der Waals surface area contributed by atoms with Gasteiger partial charge in [0.05, 0.1) is 5.84 Å². The van der Waals surface area contributed by atoms with Crippen LogP contribution in [-0.4, -0.2) is 11.4 Å². The smallest absolute Gasteiger partial charge is 0.105 e. The minimum Gasteiger partial charge on any atom is -0.346 e. The van der Waals surface area contributed by atoms with Crippen molar-refractivity contribution >= 4 is 5.84 Å². The summed E-state index contributed by atoms with van der Waals surface area (Å²) < 4.78 is 0. The molecule has 2 aliphatic carbocycles. The van der Waals surface area contributed by atoms with E-state index < -0.39 is 0 Å². The fourth-order valence-electron chi connectivity index (χ4n) is 2.47. The average molecular weight is 148 g/mol. The van der Waals surface area contributed by atoms with E-state index >= 15 is 0 Å². The van der Waals surface area contributed by atoms with Crippen molar-refractivity contribution in [3.05, 3.63) is 11.8 Å². The average Bonchev–Trinajstić information content (AvgIpc) is 2.55. The molecule has 1 heterocycles. The number of nitrogens with zero attached hydrogens (tertiary/aromatic N) is 1. The van der Waals surface area contributed by atoms with Crippen LogP contribution in [0.4, 0.5) is 0 Å². The first-order valence-corrected chi connectivity index (χ1v) is 4.35. The SMILES string of the molecule is CC1=NC23CC2CCC=C3N1. The van der Waals surface area contributed by atoms with Gasteiger partial charge in [0.15, 0.2) is 0 Å². The van der Waals surface area contributed by atoms with E-state index in [0.29, 0.717) is 0 Å². The lowest BCUT2D eigenvalue weighted by atomic mass is 10.0. The molecule has 0 saturated heterocycles. The quantitative estimate of drug-likeness (QED) is 0.552. The van der Waals surface area contributed by atoms with Crippen LogP contribution in [0.15, 0.2) is 16.8 Å². The number of hydrogen-bond donors (Lipinski definition) is 1. The van der Waals surface area contributed by atoms with Crippen LogP contribution in [0.2, 0.25) is 0 Å². The van der Waals surface area contributed by atoms with Crippen molar-refractivity contribution in [3.8, 4) is 0 Å². The van der Waals surface area contributed by atoms with Crippen molar-refractivity contribution in [1.82, 2.24) is 5.32 Å². The van der Waals surface area contributed by atoms with Crippen molar-refractivity contribution in [2.45, 2.75) is 31.7 Å². The van der Waals surface area contributed by atoms with E-state index in [0.717, 1.165) is 11.8 Å². The molecular weight excluding hydrogens is 136 g/mol. The van der Waals surface area contributed by atoms with Crippen LogP contribution in [0.1, 0.15) is 26.2 Å². The third-order valence-electron chi connectivity index (χ3n) is 3.09. The molecule has 2 nitrogen and oxygen atoms in total. The summed E-state index contributed by atoms with van der Waals surface area (Å²) in [6, 6.07) is 0. The van der Waals surface area contributed by atoms with Gasteiger partial charge in [-0.15, -0.1) is 0 Å². The molecule has 0 aromatic carbocycles. The van der Waals surface area contributed by atoms with Crippen LogP contribution in [0.3, 0.4) is 0 Å². The highest BCUT2D eigenvalue weighted by atomic mass is 15.2. The van der Waals surface area contributed by atoms with Crippen LogP contribution in [-0.2, 0) is 0 Å². The van der Waals surface area contributed by atoms with Crippen LogP contribution in [0.5, 0.6) is 0 Å². The Kier molecular flexibility index (Phi) is 0.803. The van der Waals surface area contributed by atoms with Gasteiger partial charge in [0.2, 0.25) is 0 Å². The van der Waals surface area contributed by atoms with Crippen molar-refractivity contribution in [1.29, 1.82) is 0 Å². The maximum absolute atomic E-state index is 4.65. The summed E-state index contributed by atoms with van der Waals surface area (Å²) in [5.74, 6) is 1.98. The normalized spacial score (nSPS) is 45.0. The summed E-state index contributed by atoms with van der Waals surface area (Å²) in [5.41, 5.74) is 1.66. The Bertz CT molecular complexity index is 277. The standard InChI is InChI=1S/C9H12N2/c1-6-10-8-4-2-3-7-5-9(7,8)11-6/h4,7H,2-3,5H2,1H3,(H,10,11). The topological polar surface area (TPSA) is 24.4 Å². The van der Waals surface area contributed by atoms with E-state index in [4.69, 9.17) is 0 Å².